The van der Waals surface area contributed by atoms with E-state index in [0.717, 1.165) is 16.3 Å². The van der Waals surface area contributed by atoms with Crippen LogP contribution in [0.1, 0.15) is 5.69 Å². The van der Waals surface area contributed by atoms with E-state index >= 15 is 0 Å². The first-order chi connectivity index (χ1) is 12.1. The number of carbonyl (C=O) groups excluding carboxylic acids is 1. The number of thiophene rings is 1. The third-order valence-electron chi connectivity index (χ3n) is 3.45. The van der Waals surface area contributed by atoms with E-state index in [4.69, 9.17) is 12.2 Å². The molecule has 1 aliphatic rings. The van der Waals surface area contributed by atoms with Crippen LogP contribution >= 0.6 is 46.7 Å². The van der Waals surface area contributed by atoms with Crippen LogP contribution in [0.2, 0.25) is 0 Å². The molecule has 3 nitrogen and oxygen atoms in total. The van der Waals surface area contributed by atoms with Crippen LogP contribution in [-0.4, -0.2) is 15.2 Å². The Bertz CT molecular complexity index is 977. The Labute approximate surface area is 160 Å². The number of halogens is 1. The van der Waals surface area contributed by atoms with Gasteiger partial charge in [-0.1, -0.05) is 24.0 Å². The minimum absolute atomic E-state index is 0.216. The molecule has 1 aliphatic heterocycles. The lowest BCUT2D eigenvalue weighted by atomic mass is 10.3. The van der Waals surface area contributed by atoms with Gasteiger partial charge in [0.15, 0.2) is 4.32 Å². The van der Waals surface area contributed by atoms with Crippen LogP contribution in [0.3, 0.4) is 0 Å². The smallest absolute Gasteiger partial charge is 0.268 e. The van der Waals surface area contributed by atoms with E-state index < -0.39 is 0 Å². The fourth-order valence-electron chi connectivity index (χ4n) is 2.29. The van der Waals surface area contributed by atoms with Gasteiger partial charge in [-0.3, -0.25) is 9.69 Å². The summed E-state index contributed by atoms with van der Waals surface area (Å²) in [6.45, 7) is 0. The van der Waals surface area contributed by atoms with Gasteiger partial charge >= 0.3 is 0 Å². The molecule has 3 heterocycles. The van der Waals surface area contributed by atoms with Crippen molar-refractivity contribution < 1.29 is 9.18 Å². The second-order valence-electron chi connectivity index (χ2n) is 5.08. The molecule has 0 bridgehead atoms. The van der Waals surface area contributed by atoms with Gasteiger partial charge < -0.3 is 0 Å². The highest BCUT2D eigenvalue weighted by molar-refractivity contribution is 8.27. The van der Waals surface area contributed by atoms with E-state index in [9.17, 15) is 9.18 Å². The van der Waals surface area contributed by atoms with Crippen molar-refractivity contribution in [3.05, 3.63) is 62.9 Å². The van der Waals surface area contributed by atoms with Crippen molar-refractivity contribution in [1.82, 2.24) is 4.98 Å². The van der Waals surface area contributed by atoms with Gasteiger partial charge in [0.05, 0.1) is 16.3 Å². The van der Waals surface area contributed by atoms with Gasteiger partial charge in [-0.25, -0.2) is 9.37 Å². The third-order valence-corrected chi connectivity index (χ3v) is 6.34. The lowest BCUT2D eigenvalue weighted by Gasteiger charge is -2.14. The highest BCUT2D eigenvalue weighted by Gasteiger charge is 2.33. The number of thiocarbonyl (C=S) groups is 1. The van der Waals surface area contributed by atoms with Crippen LogP contribution in [0.4, 0.5) is 10.1 Å². The van der Waals surface area contributed by atoms with Crippen molar-refractivity contribution in [2.75, 3.05) is 4.90 Å². The van der Waals surface area contributed by atoms with E-state index in [-0.39, 0.29) is 11.7 Å². The molecule has 4 rings (SSSR count). The number of thiazole rings is 1. The molecule has 0 atom stereocenters. The number of amides is 1. The lowest BCUT2D eigenvalue weighted by Crippen LogP contribution is -2.27. The number of benzene rings is 1. The maximum Gasteiger partial charge on any atom is 0.270 e. The second kappa shape index (κ2) is 6.80. The van der Waals surface area contributed by atoms with Crippen molar-refractivity contribution in [1.29, 1.82) is 0 Å². The number of anilines is 1. The van der Waals surface area contributed by atoms with Crippen molar-refractivity contribution in [2.45, 2.75) is 0 Å². The van der Waals surface area contributed by atoms with Gasteiger partial charge in [-0.05, 0) is 41.8 Å². The van der Waals surface area contributed by atoms with E-state index in [1.165, 1.54) is 40.1 Å². The van der Waals surface area contributed by atoms with Crippen LogP contribution in [0.5, 0.6) is 0 Å². The zero-order valence-electron chi connectivity index (χ0n) is 12.5. The van der Waals surface area contributed by atoms with Crippen LogP contribution in [-0.2, 0) is 4.79 Å². The van der Waals surface area contributed by atoms with Gasteiger partial charge in [-0.2, -0.15) is 11.3 Å². The van der Waals surface area contributed by atoms with Gasteiger partial charge in [0.2, 0.25) is 0 Å². The van der Waals surface area contributed by atoms with Crippen LogP contribution in [0.15, 0.2) is 51.4 Å². The summed E-state index contributed by atoms with van der Waals surface area (Å²) in [7, 11) is 0. The normalized spacial score (nSPS) is 16.2. The summed E-state index contributed by atoms with van der Waals surface area (Å²) >= 11 is 9.69. The summed E-state index contributed by atoms with van der Waals surface area (Å²) in [5.74, 6) is -0.570. The largest absolute Gasteiger partial charge is 0.270 e. The molecule has 1 saturated heterocycles. The van der Waals surface area contributed by atoms with Crippen LogP contribution in [0, 0.1) is 5.82 Å². The first kappa shape index (κ1) is 16.6. The molecule has 124 valence electrons. The quantitative estimate of drug-likeness (QED) is 0.431. The zero-order chi connectivity index (χ0) is 17.4. The van der Waals surface area contributed by atoms with E-state index in [1.54, 1.807) is 29.5 Å². The number of thioether (sulfide) groups is 1. The number of rotatable bonds is 3. The summed E-state index contributed by atoms with van der Waals surface area (Å²) in [5.41, 5.74) is 2.36. The number of hydrogen-bond acceptors (Lipinski definition) is 6. The maximum atomic E-state index is 13.1. The Balaban J connectivity index is 1.61. The fourth-order valence-corrected chi connectivity index (χ4v) is 5.06. The number of nitrogens with zero attached hydrogens (tertiary/aromatic N) is 2. The molecule has 1 amide bonds. The molecule has 0 unspecified atom stereocenters. The highest BCUT2D eigenvalue weighted by atomic mass is 32.2. The van der Waals surface area contributed by atoms with Gasteiger partial charge in [0, 0.05) is 16.3 Å². The first-order valence-electron chi connectivity index (χ1n) is 7.13. The molecule has 3 aromatic rings. The number of aromatic nitrogens is 1. The Morgan fingerprint density at radius 2 is 1.96 bits per heavy atom. The van der Waals surface area contributed by atoms with Crippen molar-refractivity contribution in [3.63, 3.8) is 0 Å². The molecule has 0 saturated carbocycles. The molecular formula is C17H9FN2OS4. The Morgan fingerprint density at radius 1 is 1.16 bits per heavy atom. The minimum atomic E-state index is -0.354. The van der Waals surface area contributed by atoms with E-state index in [1.807, 2.05) is 22.2 Å². The topological polar surface area (TPSA) is 33.2 Å². The molecule has 25 heavy (non-hydrogen) atoms. The summed E-state index contributed by atoms with van der Waals surface area (Å²) in [4.78, 5) is 19.2. The van der Waals surface area contributed by atoms with Gasteiger partial charge in [0.25, 0.3) is 5.91 Å². The lowest BCUT2D eigenvalue weighted by molar-refractivity contribution is -0.113. The van der Waals surface area contributed by atoms with Crippen molar-refractivity contribution in [3.8, 4) is 10.6 Å². The summed E-state index contributed by atoms with van der Waals surface area (Å²) in [5, 5.41) is 6.87. The molecule has 1 aromatic carbocycles. The molecule has 0 spiro atoms. The summed E-state index contributed by atoms with van der Waals surface area (Å²) in [6, 6.07) is 7.72. The Kier molecular flexibility index (Phi) is 4.51. The molecular weight excluding hydrogens is 395 g/mol. The van der Waals surface area contributed by atoms with Crippen LogP contribution in [0.25, 0.3) is 16.6 Å². The SMILES string of the molecule is O=C1/C(=C/c2csc(-c3ccsc3)n2)SC(=S)N1c1ccc(F)cc1. The average Bonchev–Trinajstić information content (AvgIpc) is 3.31. The number of hydrogen-bond donors (Lipinski definition) is 0. The summed E-state index contributed by atoms with van der Waals surface area (Å²) < 4.78 is 13.5. The first-order valence-corrected chi connectivity index (χ1v) is 10.2. The van der Waals surface area contributed by atoms with Crippen LogP contribution < -0.4 is 4.90 Å². The second-order valence-corrected chi connectivity index (χ2v) is 8.40. The maximum absolute atomic E-state index is 13.1. The molecule has 8 heteroatoms. The standard InChI is InChI=1S/C17H9FN2OS4/c18-11-1-3-13(4-2-11)20-16(21)14(25-17(20)22)7-12-9-24-15(19-12)10-5-6-23-8-10/h1-9H/b14-7-. The van der Waals surface area contributed by atoms with Crippen molar-refractivity contribution in [2.24, 2.45) is 0 Å². The Morgan fingerprint density at radius 3 is 2.68 bits per heavy atom. The van der Waals surface area contributed by atoms with Gasteiger partial charge in [0.1, 0.15) is 10.8 Å². The van der Waals surface area contributed by atoms with Gasteiger partial charge in [-0.15, -0.1) is 11.3 Å². The monoisotopic (exact) mass is 404 g/mol. The third kappa shape index (κ3) is 3.30. The summed E-state index contributed by atoms with van der Waals surface area (Å²) in [6.07, 6.45) is 1.75. The Hall–Kier alpha value is -1.87. The predicted octanol–water partition coefficient (Wildman–Crippen LogP) is 5.42. The zero-order valence-corrected chi connectivity index (χ0v) is 15.8. The number of carbonyl (C=O) groups is 1. The molecule has 2 aromatic heterocycles. The average molecular weight is 405 g/mol. The predicted molar refractivity (Wildman–Crippen MR) is 107 cm³/mol. The minimum Gasteiger partial charge on any atom is -0.268 e. The highest BCUT2D eigenvalue weighted by Crippen LogP contribution is 2.36. The molecule has 1 fully saturated rings. The van der Waals surface area contributed by atoms with E-state index in [0.29, 0.717) is 14.9 Å². The van der Waals surface area contributed by atoms with E-state index in [2.05, 4.69) is 4.98 Å². The van der Waals surface area contributed by atoms with Crippen molar-refractivity contribution >= 4 is 68.6 Å². The molecule has 0 radical (unpaired) electrons. The molecule has 0 aliphatic carbocycles. The fraction of sp³-hybridized carbons (Fsp3) is 0. The molecule has 0 N–H and O–H groups in total.